The van der Waals surface area contributed by atoms with Crippen molar-refractivity contribution in [1.29, 1.82) is 0 Å². The number of anilines is 1. The maximum absolute atomic E-state index is 9.57. The van der Waals surface area contributed by atoms with Gasteiger partial charge in [0.05, 0.1) is 0 Å². The number of benzene rings is 1. The van der Waals surface area contributed by atoms with Crippen molar-refractivity contribution in [1.82, 2.24) is 0 Å². The summed E-state index contributed by atoms with van der Waals surface area (Å²) in [5.74, 6) is 1.18. The molecule has 0 saturated heterocycles. The summed E-state index contributed by atoms with van der Waals surface area (Å²) in [6, 6.07) is 8.00. The van der Waals surface area contributed by atoms with Gasteiger partial charge in [0.2, 0.25) is 0 Å². The van der Waals surface area contributed by atoms with Crippen molar-refractivity contribution in [2.45, 2.75) is 46.1 Å². The predicted octanol–water partition coefficient (Wildman–Crippen LogP) is 4.02. The van der Waals surface area contributed by atoms with Gasteiger partial charge in [0.15, 0.2) is 0 Å². The molecule has 98 valence electrons. The van der Waals surface area contributed by atoms with Crippen molar-refractivity contribution < 1.29 is 5.11 Å². The Balaban J connectivity index is 1.88. The number of aromatic hydroxyl groups is 1. The fourth-order valence-corrected chi connectivity index (χ4v) is 4.42. The molecule has 2 heteroatoms. The van der Waals surface area contributed by atoms with Crippen LogP contribution in [0.3, 0.4) is 0 Å². The fraction of sp³-hybridized carbons (Fsp3) is 0.625. The van der Waals surface area contributed by atoms with Gasteiger partial charge in [-0.2, -0.15) is 0 Å². The smallest absolute Gasteiger partial charge is 0.117 e. The van der Waals surface area contributed by atoms with Crippen LogP contribution in [-0.4, -0.2) is 11.1 Å². The van der Waals surface area contributed by atoms with Crippen LogP contribution in [-0.2, 0) is 0 Å². The summed E-state index contributed by atoms with van der Waals surface area (Å²) in [4.78, 5) is 0. The lowest BCUT2D eigenvalue weighted by molar-refractivity contribution is 0.155. The van der Waals surface area contributed by atoms with Crippen LogP contribution in [0.1, 0.15) is 40.0 Å². The van der Waals surface area contributed by atoms with Crippen LogP contribution in [0, 0.1) is 16.7 Å². The van der Waals surface area contributed by atoms with Crippen molar-refractivity contribution >= 4 is 5.69 Å². The molecule has 2 bridgehead atoms. The van der Waals surface area contributed by atoms with Gasteiger partial charge in [-0.3, -0.25) is 0 Å². The molecule has 18 heavy (non-hydrogen) atoms. The summed E-state index contributed by atoms with van der Waals surface area (Å²) in [5, 5.41) is 13.3. The fourth-order valence-electron chi connectivity index (χ4n) is 4.42. The lowest BCUT2D eigenvalue weighted by atomic mass is 9.68. The topological polar surface area (TPSA) is 32.3 Å². The first-order chi connectivity index (χ1) is 8.42. The molecule has 2 N–H and O–H groups in total. The number of nitrogens with one attached hydrogen (secondary N) is 1. The average Bonchev–Trinajstić information content (AvgIpc) is 2.76. The minimum atomic E-state index is 0.339. The number of hydrogen-bond acceptors (Lipinski definition) is 2. The van der Waals surface area contributed by atoms with Gasteiger partial charge in [0, 0.05) is 17.8 Å². The van der Waals surface area contributed by atoms with Crippen molar-refractivity contribution in [2.24, 2.45) is 16.7 Å². The molecule has 0 radical (unpaired) electrons. The average molecular weight is 245 g/mol. The molecule has 2 fully saturated rings. The first-order valence-electron chi connectivity index (χ1n) is 6.97. The Bertz CT molecular complexity index is 463. The van der Waals surface area contributed by atoms with E-state index in [1.54, 1.807) is 6.07 Å². The Morgan fingerprint density at radius 1 is 1.28 bits per heavy atom. The zero-order valence-corrected chi connectivity index (χ0v) is 11.5. The summed E-state index contributed by atoms with van der Waals surface area (Å²) in [6.45, 7) is 7.20. The highest BCUT2D eigenvalue weighted by Gasteiger charge is 2.59. The first kappa shape index (κ1) is 11.9. The number of phenolic OH excluding ortho intramolecular Hbond substituents is 1. The van der Waals surface area contributed by atoms with Crippen LogP contribution in [0.2, 0.25) is 0 Å². The van der Waals surface area contributed by atoms with Gasteiger partial charge in [-0.05, 0) is 48.1 Å². The van der Waals surface area contributed by atoms with E-state index in [4.69, 9.17) is 0 Å². The van der Waals surface area contributed by atoms with Crippen molar-refractivity contribution in [3.8, 4) is 5.75 Å². The Labute approximate surface area is 109 Å². The van der Waals surface area contributed by atoms with Crippen LogP contribution < -0.4 is 5.32 Å². The molecule has 2 nitrogen and oxygen atoms in total. The molecule has 1 aromatic rings. The monoisotopic (exact) mass is 245 g/mol. The second-order valence-electron chi connectivity index (χ2n) is 7.04. The largest absolute Gasteiger partial charge is 0.508 e. The number of phenols is 1. The molecule has 3 atom stereocenters. The van der Waals surface area contributed by atoms with Crippen molar-refractivity contribution in [2.75, 3.05) is 5.32 Å². The van der Waals surface area contributed by atoms with Gasteiger partial charge < -0.3 is 10.4 Å². The number of fused-ring (bicyclic) bond motifs is 2. The third kappa shape index (κ3) is 1.62. The van der Waals surface area contributed by atoms with Crippen molar-refractivity contribution in [3.05, 3.63) is 24.3 Å². The second kappa shape index (κ2) is 3.66. The standard InChI is InChI=1S/C16H23NO/c1-15(2)11-7-8-16(3,10-11)14(15)17-12-5-4-6-13(18)9-12/h4-6,9,11,14,17-18H,7-8,10H2,1-3H3. The number of hydrogen-bond donors (Lipinski definition) is 2. The lowest BCUT2D eigenvalue weighted by Gasteiger charge is -2.43. The summed E-state index contributed by atoms with van der Waals surface area (Å²) in [7, 11) is 0. The molecule has 0 aliphatic heterocycles. The van der Waals surface area contributed by atoms with E-state index in [9.17, 15) is 5.11 Å². The van der Waals surface area contributed by atoms with Crippen LogP contribution in [0.25, 0.3) is 0 Å². The zero-order valence-electron chi connectivity index (χ0n) is 11.5. The molecule has 0 aromatic heterocycles. The summed E-state index contributed by atoms with van der Waals surface area (Å²) in [5.41, 5.74) is 1.81. The van der Waals surface area contributed by atoms with Crippen molar-refractivity contribution in [3.63, 3.8) is 0 Å². The second-order valence-corrected chi connectivity index (χ2v) is 7.04. The molecular formula is C16H23NO. The van der Waals surface area contributed by atoms with Gasteiger partial charge >= 0.3 is 0 Å². The molecule has 0 spiro atoms. The van der Waals surface area contributed by atoms with E-state index < -0.39 is 0 Å². The highest BCUT2D eigenvalue weighted by molar-refractivity contribution is 5.49. The minimum absolute atomic E-state index is 0.339. The number of rotatable bonds is 2. The minimum Gasteiger partial charge on any atom is -0.508 e. The molecule has 0 heterocycles. The van der Waals surface area contributed by atoms with Crippen LogP contribution in [0.5, 0.6) is 5.75 Å². The summed E-state index contributed by atoms with van der Waals surface area (Å²) >= 11 is 0. The molecule has 1 aromatic carbocycles. The normalized spacial score (nSPS) is 36.8. The molecular weight excluding hydrogens is 222 g/mol. The highest BCUT2D eigenvalue weighted by atomic mass is 16.3. The van der Waals surface area contributed by atoms with Crippen LogP contribution >= 0.6 is 0 Å². The highest BCUT2D eigenvalue weighted by Crippen LogP contribution is 2.63. The molecule has 2 aliphatic carbocycles. The molecule has 2 saturated carbocycles. The maximum atomic E-state index is 9.57. The van der Waals surface area contributed by atoms with Gasteiger partial charge in [-0.15, -0.1) is 0 Å². The van der Waals surface area contributed by atoms with Gasteiger partial charge in [0.1, 0.15) is 5.75 Å². The Morgan fingerprint density at radius 2 is 2.06 bits per heavy atom. The molecule has 3 rings (SSSR count). The van der Waals surface area contributed by atoms with Gasteiger partial charge in [-0.25, -0.2) is 0 Å². The van der Waals surface area contributed by atoms with E-state index in [0.29, 0.717) is 22.6 Å². The Morgan fingerprint density at radius 3 is 2.67 bits per heavy atom. The van der Waals surface area contributed by atoms with E-state index in [1.165, 1.54) is 19.3 Å². The van der Waals surface area contributed by atoms with Gasteiger partial charge in [0.25, 0.3) is 0 Å². The predicted molar refractivity (Wildman–Crippen MR) is 74.7 cm³/mol. The van der Waals surface area contributed by atoms with Crippen LogP contribution in [0.15, 0.2) is 24.3 Å². The quantitative estimate of drug-likeness (QED) is 0.825. The molecule has 2 aliphatic rings. The molecule has 3 unspecified atom stereocenters. The van der Waals surface area contributed by atoms with E-state index in [0.717, 1.165) is 11.6 Å². The summed E-state index contributed by atoms with van der Waals surface area (Å²) in [6.07, 6.45) is 4.05. The lowest BCUT2D eigenvalue weighted by Crippen LogP contribution is -2.45. The van der Waals surface area contributed by atoms with Crippen LogP contribution in [0.4, 0.5) is 5.69 Å². The molecule has 0 amide bonds. The third-order valence-electron chi connectivity index (χ3n) is 5.43. The van der Waals surface area contributed by atoms with E-state index >= 15 is 0 Å². The SMILES string of the molecule is CC12CCC(C1)C(C)(C)C2Nc1cccc(O)c1. The maximum Gasteiger partial charge on any atom is 0.117 e. The van der Waals surface area contributed by atoms with E-state index in [1.807, 2.05) is 18.2 Å². The first-order valence-corrected chi connectivity index (χ1v) is 6.97. The van der Waals surface area contributed by atoms with Gasteiger partial charge in [-0.1, -0.05) is 26.8 Å². The third-order valence-corrected chi connectivity index (χ3v) is 5.43. The zero-order chi connectivity index (χ0) is 13.0. The Hall–Kier alpha value is -1.18. The Kier molecular flexibility index (Phi) is 2.42. The summed E-state index contributed by atoms with van der Waals surface area (Å²) < 4.78 is 0. The van der Waals surface area contributed by atoms with E-state index in [2.05, 4.69) is 26.1 Å². The van der Waals surface area contributed by atoms with E-state index in [-0.39, 0.29) is 0 Å².